The van der Waals surface area contributed by atoms with Gasteiger partial charge < -0.3 is 5.73 Å². The van der Waals surface area contributed by atoms with Gasteiger partial charge >= 0.3 is 0 Å². The van der Waals surface area contributed by atoms with Gasteiger partial charge in [-0.15, -0.1) is 0 Å². The lowest BCUT2D eigenvalue weighted by molar-refractivity contribution is 0.612. The lowest BCUT2D eigenvalue weighted by Gasteiger charge is -2.11. The summed E-state index contributed by atoms with van der Waals surface area (Å²) in [5.74, 6) is -0.168. The van der Waals surface area contributed by atoms with E-state index in [4.69, 9.17) is 11.0 Å². The van der Waals surface area contributed by atoms with Crippen molar-refractivity contribution in [1.29, 1.82) is 5.26 Å². The van der Waals surface area contributed by atoms with E-state index >= 15 is 0 Å². The van der Waals surface area contributed by atoms with Crippen LogP contribution in [0.4, 0.5) is 10.1 Å². The molecule has 4 heteroatoms. The lowest BCUT2D eigenvalue weighted by atomic mass is 9.99. The van der Waals surface area contributed by atoms with Gasteiger partial charge in [-0.2, -0.15) is 5.26 Å². The molecule has 1 rings (SSSR count). The minimum absolute atomic E-state index is 0.0340. The van der Waals surface area contributed by atoms with Gasteiger partial charge in [-0.25, -0.2) is 4.39 Å². The first-order chi connectivity index (χ1) is 7.97. The number of hydrogen-bond donors (Lipinski definition) is 1. The standard InChI is InChI=1S/C11H12BrFN2.C2H6/c1-6(2)3-7-4-8(5-14)10(13)9(12)11(7)15;1-2/h4,6H,3,15H2,1-2H3;1-2H3. The minimum Gasteiger partial charge on any atom is -0.398 e. The number of nitrogens with zero attached hydrogens (tertiary/aromatic N) is 1. The molecule has 2 nitrogen and oxygen atoms in total. The lowest BCUT2D eigenvalue weighted by Crippen LogP contribution is -2.03. The summed E-state index contributed by atoms with van der Waals surface area (Å²) in [5.41, 5.74) is 7.00. The van der Waals surface area contributed by atoms with E-state index in [0.29, 0.717) is 11.6 Å². The third-order valence-electron chi connectivity index (χ3n) is 2.08. The second kappa shape index (κ2) is 7.29. The number of anilines is 1. The zero-order valence-electron chi connectivity index (χ0n) is 10.6. The summed E-state index contributed by atoms with van der Waals surface area (Å²) in [5, 5.41) is 8.74. The molecular formula is C13H18BrFN2. The average molecular weight is 301 g/mol. The highest BCUT2D eigenvalue weighted by Gasteiger charge is 2.14. The Hall–Kier alpha value is -1.08. The molecule has 0 saturated heterocycles. The van der Waals surface area contributed by atoms with Gasteiger partial charge in [-0.05, 0) is 39.9 Å². The molecule has 0 aliphatic heterocycles. The Kier molecular flexibility index (Phi) is 6.82. The third kappa shape index (κ3) is 4.01. The zero-order valence-corrected chi connectivity index (χ0v) is 12.2. The Bertz CT molecular complexity index is 422. The Morgan fingerprint density at radius 2 is 2.00 bits per heavy atom. The number of nitrogen functional groups attached to an aromatic ring is 1. The van der Waals surface area contributed by atoms with E-state index in [9.17, 15) is 4.39 Å². The molecule has 0 atom stereocenters. The van der Waals surface area contributed by atoms with Crippen molar-refractivity contribution >= 4 is 21.6 Å². The molecule has 0 aromatic heterocycles. The SMILES string of the molecule is CC.CC(C)Cc1cc(C#N)c(F)c(Br)c1N. The van der Waals surface area contributed by atoms with Crippen LogP contribution in [0.1, 0.15) is 38.8 Å². The van der Waals surface area contributed by atoms with Crippen LogP contribution in [0.2, 0.25) is 0 Å². The van der Waals surface area contributed by atoms with Gasteiger partial charge in [0.05, 0.1) is 15.7 Å². The molecule has 0 heterocycles. The highest BCUT2D eigenvalue weighted by Crippen LogP contribution is 2.30. The number of rotatable bonds is 2. The van der Waals surface area contributed by atoms with E-state index in [1.165, 1.54) is 6.07 Å². The first-order valence-electron chi connectivity index (χ1n) is 5.63. The first-order valence-corrected chi connectivity index (χ1v) is 6.43. The summed E-state index contributed by atoms with van der Waals surface area (Å²) in [7, 11) is 0. The maximum Gasteiger partial charge on any atom is 0.157 e. The predicted molar refractivity (Wildman–Crippen MR) is 73.1 cm³/mol. The minimum atomic E-state index is -0.581. The largest absolute Gasteiger partial charge is 0.398 e. The van der Waals surface area contributed by atoms with E-state index in [-0.39, 0.29) is 10.0 Å². The normalized spacial score (nSPS) is 9.53. The van der Waals surface area contributed by atoms with Crippen LogP contribution in [-0.2, 0) is 6.42 Å². The molecule has 0 fully saturated rings. The second-order valence-electron chi connectivity index (χ2n) is 3.83. The van der Waals surface area contributed by atoms with Gasteiger partial charge in [0.2, 0.25) is 0 Å². The number of hydrogen-bond acceptors (Lipinski definition) is 2. The fourth-order valence-electron chi connectivity index (χ4n) is 1.38. The van der Waals surface area contributed by atoms with Gasteiger partial charge in [0.15, 0.2) is 5.82 Å². The maximum atomic E-state index is 13.4. The van der Waals surface area contributed by atoms with Gasteiger partial charge in [0, 0.05) is 0 Å². The van der Waals surface area contributed by atoms with Gasteiger partial charge in [-0.1, -0.05) is 27.7 Å². The van der Waals surface area contributed by atoms with E-state index in [1.807, 2.05) is 33.8 Å². The quantitative estimate of drug-likeness (QED) is 0.829. The third-order valence-corrected chi connectivity index (χ3v) is 2.85. The smallest absolute Gasteiger partial charge is 0.157 e. The van der Waals surface area contributed by atoms with Crippen molar-refractivity contribution in [2.45, 2.75) is 34.1 Å². The summed E-state index contributed by atoms with van der Waals surface area (Å²) >= 11 is 3.06. The van der Waals surface area contributed by atoms with Crippen molar-refractivity contribution < 1.29 is 4.39 Å². The number of nitrogens with two attached hydrogens (primary N) is 1. The fraction of sp³-hybridized carbons (Fsp3) is 0.462. The zero-order chi connectivity index (χ0) is 13.6. The van der Waals surface area contributed by atoms with Crippen LogP contribution in [0.15, 0.2) is 10.5 Å². The van der Waals surface area contributed by atoms with E-state index in [2.05, 4.69) is 15.9 Å². The van der Waals surface area contributed by atoms with Crippen LogP contribution < -0.4 is 5.73 Å². The Balaban J connectivity index is 0.00000121. The molecule has 0 bridgehead atoms. The van der Waals surface area contributed by atoms with Gasteiger partial charge in [-0.3, -0.25) is 0 Å². The van der Waals surface area contributed by atoms with Gasteiger partial charge in [0.25, 0.3) is 0 Å². The molecular weight excluding hydrogens is 283 g/mol. The Morgan fingerprint density at radius 1 is 1.47 bits per heavy atom. The van der Waals surface area contributed by atoms with Crippen LogP contribution in [-0.4, -0.2) is 0 Å². The maximum absolute atomic E-state index is 13.4. The van der Waals surface area contributed by atoms with Crippen molar-refractivity contribution in [3.63, 3.8) is 0 Å². The van der Waals surface area contributed by atoms with Crippen molar-refractivity contribution in [2.75, 3.05) is 5.73 Å². The molecule has 2 N–H and O–H groups in total. The highest BCUT2D eigenvalue weighted by molar-refractivity contribution is 9.10. The monoisotopic (exact) mass is 300 g/mol. The summed E-state index contributed by atoms with van der Waals surface area (Å²) in [6.45, 7) is 8.09. The molecule has 0 aliphatic carbocycles. The number of nitriles is 1. The molecule has 0 amide bonds. The van der Waals surface area contributed by atoms with Crippen LogP contribution in [0.3, 0.4) is 0 Å². The molecule has 0 radical (unpaired) electrons. The first kappa shape index (κ1) is 15.9. The van der Waals surface area contributed by atoms with Crippen LogP contribution >= 0.6 is 15.9 Å². The van der Waals surface area contributed by atoms with Crippen LogP contribution in [0.5, 0.6) is 0 Å². The summed E-state index contributed by atoms with van der Waals surface area (Å²) in [4.78, 5) is 0. The molecule has 0 saturated carbocycles. The van der Waals surface area contributed by atoms with E-state index in [0.717, 1.165) is 12.0 Å². The predicted octanol–water partition coefficient (Wildman–Crippen LogP) is 4.27. The molecule has 1 aromatic rings. The molecule has 17 heavy (non-hydrogen) atoms. The fourth-order valence-corrected chi connectivity index (χ4v) is 1.85. The molecule has 0 aliphatic rings. The molecule has 0 spiro atoms. The average Bonchev–Trinajstić information content (AvgIpc) is 2.32. The number of benzene rings is 1. The summed E-state index contributed by atoms with van der Waals surface area (Å²) < 4.78 is 13.6. The van der Waals surface area contributed by atoms with Crippen molar-refractivity contribution in [3.8, 4) is 6.07 Å². The van der Waals surface area contributed by atoms with E-state index in [1.54, 1.807) is 0 Å². The van der Waals surface area contributed by atoms with Gasteiger partial charge in [0.1, 0.15) is 6.07 Å². The Labute approximate surface area is 111 Å². The van der Waals surface area contributed by atoms with Crippen molar-refractivity contribution in [3.05, 3.63) is 27.5 Å². The molecule has 1 aromatic carbocycles. The van der Waals surface area contributed by atoms with Crippen LogP contribution in [0.25, 0.3) is 0 Å². The number of halogens is 2. The highest BCUT2D eigenvalue weighted by atomic mass is 79.9. The summed E-state index contributed by atoms with van der Waals surface area (Å²) in [6.07, 6.45) is 0.736. The van der Waals surface area contributed by atoms with Crippen LogP contribution in [0, 0.1) is 23.1 Å². The Morgan fingerprint density at radius 3 is 2.41 bits per heavy atom. The van der Waals surface area contributed by atoms with Crippen molar-refractivity contribution in [2.24, 2.45) is 5.92 Å². The second-order valence-corrected chi connectivity index (χ2v) is 4.63. The molecule has 94 valence electrons. The van der Waals surface area contributed by atoms with E-state index < -0.39 is 5.82 Å². The van der Waals surface area contributed by atoms with Crippen molar-refractivity contribution in [1.82, 2.24) is 0 Å². The molecule has 0 unspecified atom stereocenters. The summed E-state index contributed by atoms with van der Waals surface area (Å²) in [6, 6.07) is 3.34. The topological polar surface area (TPSA) is 49.8 Å².